The summed E-state index contributed by atoms with van der Waals surface area (Å²) in [7, 11) is 0. The lowest BCUT2D eigenvalue weighted by molar-refractivity contribution is -0.195. The minimum Gasteiger partial charge on any atom is -0.484 e. The van der Waals surface area contributed by atoms with Gasteiger partial charge < -0.3 is 4.74 Å². The summed E-state index contributed by atoms with van der Waals surface area (Å²) in [5, 5.41) is 5.21. The van der Waals surface area contributed by atoms with E-state index in [9.17, 15) is 17.6 Å². The first kappa shape index (κ1) is 23.7. The number of hydroxylamine groups is 1. The van der Waals surface area contributed by atoms with E-state index in [1.807, 2.05) is 49.4 Å². The van der Waals surface area contributed by atoms with Crippen LogP contribution in [0.5, 0.6) is 5.75 Å². The first-order valence-electron chi connectivity index (χ1n) is 10.6. The van der Waals surface area contributed by atoms with Gasteiger partial charge in [-0.1, -0.05) is 30.3 Å². The van der Waals surface area contributed by atoms with Crippen molar-refractivity contribution >= 4 is 10.9 Å². The van der Waals surface area contributed by atoms with E-state index >= 15 is 0 Å². The van der Waals surface area contributed by atoms with Crippen molar-refractivity contribution < 1.29 is 27.1 Å². The zero-order chi connectivity index (χ0) is 24.3. The lowest BCUT2D eigenvalue weighted by Gasteiger charge is -2.27. The van der Waals surface area contributed by atoms with Gasteiger partial charge in [-0.25, -0.2) is 9.07 Å². The molecular formula is C25H23F4N3O2. The molecule has 1 N–H and O–H groups in total. The Morgan fingerprint density at radius 1 is 1.03 bits per heavy atom. The molecule has 0 bridgehead atoms. The summed E-state index contributed by atoms with van der Waals surface area (Å²) in [6, 6.07) is 18.3. The van der Waals surface area contributed by atoms with Crippen molar-refractivity contribution in [2.24, 2.45) is 0 Å². The molecule has 0 fully saturated rings. The quantitative estimate of drug-likeness (QED) is 0.250. The fourth-order valence-corrected chi connectivity index (χ4v) is 3.63. The van der Waals surface area contributed by atoms with E-state index in [2.05, 4.69) is 15.4 Å². The number of aromatic nitrogens is 2. The second-order valence-corrected chi connectivity index (χ2v) is 7.97. The number of hydrogen-bond donors (Lipinski definition) is 1. The molecule has 0 radical (unpaired) electrons. The van der Waals surface area contributed by atoms with Crippen molar-refractivity contribution in [3.05, 3.63) is 89.9 Å². The van der Waals surface area contributed by atoms with Crippen LogP contribution in [0.3, 0.4) is 0 Å². The van der Waals surface area contributed by atoms with E-state index in [-0.39, 0.29) is 5.82 Å². The first-order chi connectivity index (χ1) is 16.2. The maximum absolute atomic E-state index is 13.3. The van der Waals surface area contributed by atoms with E-state index in [0.717, 1.165) is 22.0 Å². The topological polar surface area (TPSA) is 48.3 Å². The first-order valence-corrected chi connectivity index (χ1v) is 10.6. The van der Waals surface area contributed by atoms with Gasteiger partial charge in [0.1, 0.15) is 17.7 Å². The molecule has 0 aliphatic carbocycles. The number of alkyl halides is 3. The number of nitrogens with zero attached hydrogens (tertiary/aromatic N) is 2. The average Bonchev–Trinajstić information content (AvgIpc) is 3.20. The molecule has 4 aromatic rings. The van der Waals surface area contributed by atoms with Crippen molar-refractivity contribution in [2.45, 2.75) is 32.2 Å². The van der Waals surface area contributed by atoms with Gasteiger partial charge in [0.2, 0.25) is 0 Å². The molecule has 0 aliphatic rings. The van der Waals surface area contributed by atoms with Crippen molar-refractivity contribution in [1.82, 2.24) is 15.3 Å². The number of ether oxygens (including phenoxy) is 1. The normalized spacial score (nSPS) is 13.7. The predicted molar refractivity (Wildman–Crippen MR) is 120 cm³/mol. The highest BCUT2D eigenvalue weighted by molar-refractivity contribution is 5.83. The molecule has 4 rings (SSSR count). The Hall–Kier alpha value is -3.43. The molecule has 0 amide bonds. The summed E-state index contributed by atoms with van der Waals surface area (Å²) in [5.41, 5.74) is 5.56. The monoisotopic (exact) mass is 473 g/mol. The third kappa shape index (κ3) is 5.55. The van der Waals surface area contributed by atoms with Gasteiger partial charge >= 0.3 is 6.18 Å². The van der Waals surface area contributed by atoms with Crippen LogP contribution in [-0.2, 0) is 4.84 Å². The van der Waals surface area contributed by atoms with Crippen LogP contribution in [-0.4, -0.2) is 28.6 Å². The maximum atomic E-state index is 13.3. The average molecular weight is 473 g/mol. The van der Waals surface area contributed by atoms with Crippen LogP contribution < -0.4 is 10.2 Å². The van der Waals surface area contributed by atoms with E-state index in [1.165, 1.54) is 12.1 Å². The molecule has 0 spiro atoms. The molecule has 178 valence electrons. The summed E-state index contributed by atoms with van der Waals surface area (Å²) in [5.74, 6) is 0.227. The zero-order valence-electron chi connectivity index (χ0n) is 18.5. The minimum atomic E-state index is -4.44. The Balaban J connectivity index is 1.61. The number of aryl methyl sites for hydroxylation is 1. The van der Waals surface area contributed by atoms with E-state index in [4.69, 9.17) is 4.74 Å². The molecule has 5 nitrogen and oxygen atoms in total. The lowest BCUT2D eigenvalue weighted by atomic mass is 10.0. The summed E-state index contributed by atoms with van der Waals surface area (Å²) < 4.78 is 58.8. The SMILES string of the molecule is Cc1cc2c(cnn2-c2ccc(F)cc2)cc1O[C@H](c1ccccc1)[C@H](C)NOCC(F)(F)F. The highest BCUT2D eigenvalue weighted by Gasteiger charge is 2.29. The number of benzene rings is 3. The fourth-order valence-electron chi connectivity index (χ4n) is 3.63. The van der Waals surface area contributed by atoms with Gasteiger partial charge in [0.15, 0.2) is 6.61 Å². The van der Waals surface area contributed by atoms with Crippen LogP contribution in [0.15, 0.2) is 72.9 Å². The maximum Gasteiger partial charge on any atom is 0.413 e. The number of halogens is 4. The Kier molecular flexibility index (Phi) is 6.85. The standard InChI is InChI=1S/C25H23F4N3O2/c1-16-12-22-19(14-30-32(22)21-10-8-20(26)9-11-21)13-23(16)34-24(18-6-4-3-5-7-18)17(2)31-33-15-25(27,28)29/h3-14,17,24,31H,15H2,1-2H3/t17-,24-/m0/s1. The van der Waals surface area contributed by atoms with Gasteiger partial charge in [-0.3, -0.25) is 4.84 Å². The second-order valence-electron chi connectivity index (χ2n) is 7.97. The van der Waals surface area contributed by atoms with Gasteiger partial charge in [-0.15, -0.1) is 0 Å². The van der Waals surface area contributed by atoms with Crippen LogP contribution >= 0.6 is 0 Å². The van der Waals surface area contributed by atoms with Crippen LogP contribution in [0.2, 0.25) is 0 Å². The fraction of sp³-hybridized carbons (Fsp3) is 0.240. The molecule has 0 unspecified atom stereocenters. The molecule has 9 heteroatoms. The lowest BCUT2D eigenvalue weighted by Crippen LogP contribution is -2.37. The molecule has 34 heavy (non-hydrogen) atoms. The second kappa shape index (κ2) is 9.82. The zero-order valence-corrected chi connectivity index (χ0v) is 18.5. The van der Waals surface area contributed by atoms with Crippen LogP contribution in [0.4, 0.5) is 17.6 Å². The van der Waals surface area contributed by atoms with E-state index < -0.39 is 24.9 Å². The van der Waals surface area contributed by atoms with Crippen LogP contribution in [0.25, 0.3) is 16.6 Å². The largest absolute Gasteiger partial charge is 0.484 e. The number of rotatable bonds is 8. The van der Waals surface area contributed by atoms with E-state index in [1.54, 1.807) is 29.9 Å². The third-order valence-electron chi connectivity index (χ3n) is 5.28. The number of nitrogens with one attached hydrogen (secondary N) is 1. The van der Waals surface area contributed by atoms with Gasteiger partial charge in [-0.2, -0.15) is 23.8 Å². The predicted octanol–water partition coefficient (Wildman–Crippen LogP) is 6.07. The Morgan fingerprint density at radius 2 is 1.74 bits per heavy atom. The molecule has 0 saturated carbocycles. The van der Waals surface area contributed by atoms with Gasteiger partial charge in [0.05, 0.1) is 23.4 Å². The third-order valence-corrected chi connectivity index (χ3v) is 5.28. The highest BCUT2D eigenvalue weighted by atomic mass is 19.4. The van der Waals surface area contributed by atoms with E-state index in [0.29, 0.717) is 11.4 Å². The molecule has 0 aliphatic heterocycles. The van der Waals surface area contributed by atoms with Gasteiger partial charge in [0.25, 0.3) is 0 Å². The Morgan fingerprint density at radius 3 is 2.41 bits per heavy atom. The summed E-state index contributed by atoms with van der Waals surface area (Å²) in [6.07, 6.45) is -3.39. The van der Waals surface area contributed by atoms with Crippen molar-refractivity contribution in [3.63, 3.8) is 0 Å². The van der Waals surface area contributed by atoms with Crippen LogP contribution in [0, 0.1) is 12.7 Å². The number of hydrogen-bond acceptors (Lipinski definition) is 4. The molecule has 2 atom stereocenters. The Bertz CT molecular complexity index is 1240. The molecule has 3 aromatic carbocycles. The number of fused-ring (bicyclic) bond motifs is 1. The van der Waals surface area contributed by atoms with Crippen molar-refractivity contribution in [1.29, 1.82) is 0 Å². The molecular weight excluding hydrogens is 450 g/mol. The van der Waals surface area contributed by atoms with Gasteiger partial charge in [-0.05, 0) is 61.4 Å². The summed E-state index contributed by atoms with van der Waals surface area (Å²) in [4.78, 5) is 4.67. The Labute approximate surface area is 193 Å². The van der Waals surface area contributed by atoms with Crippen molar-refractivity contribution in [2.75, 3.05) is 6.61 Å². The molecule has 1 aromatic heterocycles. The van der Waals surface area contributed by atoms with Crippen molar-refractivity contribution in [3.8, 4) is 11.4 Å². The van der Waals surface area contributed by atoms with Crippen LogP contribution in [0.1, 0.15) is 24.2 Å². The highest BCUT2D eigenvalue weighted by Crippen LogP contribution is 2.32. The minimum absolute atomic E-state index is 0.332. The molecule has 1 heterocycles. The summed E-state index contributed by atoms with van der Waals surface area (Å²) >= 11 is 0. The smallest absolute Gasteiger partial charge is 0.413 e. The molecule has 0 saturated heterocycles. The van der Waals surface area contributed by atoms with Gasteiger partial charge in [0, 0.05) is 5.39 Å². The summed E-state index contributed by atoms with van der Waals surface area (Å²) in [6.45, 7) is 2.15.